The average molecular weight is 484 g/mol. The summed E-state index contributed by atoms with van der Waals surface area (Å²) in [5.74, 6) is 1.26. The maximum absolute atomic E-state index is 13.8. The first-order chi connectivity index (χ1) is 17.0. The minimum absolute atomic E-state index is 0.0320. The number of H-pyrrole nitrogens is 1. The second-order valence-corrected chi connectivity index (χ2v) is 9.53. The summed E-state index contributed by atoms with van der Waals surface area (Å²) in [6, 6.07) is 13.1. The lowest BCUT2D eigenvalue weighted by molar-refractivity contribution is 0.252. The van der Waals surface area contributed by atoms with Crippen molar-refractivity contribution >= 4 is 39.9 Å². The molecule has 2 fully saturated rings. The van der Waals surface area contributed by atoms with Gasteiger partial charge in [0.05, 0.1) is 27.7 Å². The molecule has 0 bridgehead atoms. The summed E-state index contributed by atoms with van der Waals surface area (Å²) in [6.45, 7) is 0.717. The van der Waals surface area contributed by atoms with Crippen LogP contribution in [-0.2, 0) is 0 Å². The molecular weight excluding hydrogens is 466 g/mol. The summed E-state index contributed by atoms with van der Waals surface area (Å²) < 4.78 is 3.19. The zero-order valence-electron chi connectivity index (χ0n) is 18.3. The van der Waals surface area contributed by atoms with E-state index in [1.165, 1.54) is 0 Å². The molecule has 0 radical (unpaired) electrons. The SMILES string of the molecule is N#Cc1c[nH]c2nc(N)nc(N3CC4(CC4)[C@H]3c3nn4ccc(Cl)c4c(=O)n3-c3ccccc3)c12. The largest absolute Gasteiger partial charge is 0.368 e. The topological polar surface area (TPSA) is 134 Å². The Morgan fingerprint density at radius 1 is 1.20 bits per heavy atom. The first-order valence-electron chi connectivity index (χ1n) is 11.2. The maximum atomic E-state index is 13.8. The Morgan fingerprint density at radius 2 is 2.00 bits per heavy atom. The van der Waals surface area contributed by atoms with E-state index in [1.54, 1.807) is 27.5 Å². The molecule has 4 aromatic heterocycles. The number of nitriles is 1. The van der Waals surface area contributed by atoms with Crippen LogP contribution in [0.5, 0.6) is 0 Å². The molecule has 0 amide bonds. The Kier molecular flexibility index (Phi) is 3.92. The van der Waals surface area contributed by atoms with Crippen molar-refractivity contribution in [1.29, 1.82) is 5.26 Å². The molecule has 1 saturated heterocycles. The van der Waals surface area contributed by atoms with E-state index in [4.69, 9.17) is 22.4 Å². The fourth-order valence-corrected chi connectivity index (χ4v) is 5.54. The third-order valence-corrected chi connectivity index (χ3v) is 7.42. The highest BCUT2D eigenvalue weighted by Gasteiger charge is 2.63. The number of nitrogens with one attached hydrogen (secondary N) is 1. The highest BCUT2D eigenvalue weighted by atomic mass is 35.5. The van der Waals surface area contributed by atoms with E-state index in [9.17, 15) is 10.1 Å². The van der Waals surface area contributed by atoms with E-state index in [1.807, 2.05) is 30.3 Å². The Morgan fingerprint density at radius 3 is 2.74 bits per heavy atom. The van der Waals surface area contributed by atoms with Crippen LogP contribution in [0.4, 0.5) is 11.8 Å². The molecule has 172 valence electrons. The Bertz CT molecular complexity index is 1760. The van der Waals surface area contributed by atoms with Crippen LogP contribution in [0.1, 0.15) is 30.3 Å². The molecule has 5 heterocycles. The number of aromatic amines is 1. The number of benzene rings is 1. The number of nitrogen functional groups attached to an aromatic ring is 1. The van der Waals surface area contributed by atoms with Crippen molar-refractivity contribution in [2.75, 3.05) is 17.2 Å². The van der Waals surface area contributed by atoms with Gasteiger partial charge in [-0.2, -0.15) is 20.3 Å². The number of nitrogens with two attached hydrogens (primary N) is 1. The third kappa shape index (κ3) is 2.70. The summed E-state index contributed by atoms with van der Waals surface area (Å²) >= 11 is 6.36. The summed E-state index contributed by atoms with van der Waals surface area (Å²) in [6.07, 6.45) is 5.31. The van der Waals surface area contributed by atoms with Crippen molar-refractivity contribution in [2.24, 2.45) is 5.41 Å². The van der Waals surface area contributed by atoms with E-state index in [0.29, 0.717) is 51.0 Å². The predicted molar refractivity (Wildman–Crippen MR) is 131 cm³/mol. The van der Waals surface area contributed by atoms with Gasteiger partial charge < -0.3 is 15.6 Å². The molecule has 1 saturated carbocycles. The molecule has 35 heavy (non-hydrogen) atoms. The number of nitrogens with zero attached hydrogens (tertiary/aromatic N) is 7. The first-order valence-corrected chi connectivity index (χ1v) is 11.6. The lowest BCUT2D eigenvalue weighted by atomic mass is 9.83. The van der Waals surface area contributed by atoms with Crippen LogP contribution in [0.15, 0.2) is 53.6 Å². The van der Waals surface area contributed by atoms with E-state index >= 15 is 0 Å². The summed E-state index contributed by atoms with van der Waals surface area (Å²) in [5, 5.41) is 15.6. The molecule has 2 aliphatic rings. The van der Waals surface area contributed by atoms with E-state index in [-0.39, 0.29) is 23.0 Å². The van der Waals surface area contributed by atoms with Gasteiger partial charge in [-0.1, -0.05) is 29.8 Å². The molecule has 1 aromatic carbocycles. The number of hydrogen-bond acceptors (Lipinski definition) is 7. The van der Waals surface area contributed by atoms with E-state index in [2.05, 4.69) is 25.9 Å². The molecule has 7 rings (SSSR count). The van der Waals surface area contributed by atoms with Crippen LogP contribution in [0.3, 0.4) is 0 Å². The van der Waals surface area contributed by atoms with Crippen LogP contribution in [0.2, 0.25) is 5.02 Å². The highest BCUT2D eigenvalue weighted by molar-refractivity contribution is 6.33. The van der Waals surface area contributed by atoms with Gasteiger partial charge in [0.1, 0.15) is 23.1 Å². The summed E-state index contributed by atoms with van der Waals surface area (Å²) in [5.41, 5.74) is 7.72. The van der Waals surface area contributed by atoms with Crippen LogP contribution in [0.25, 0.3) is 22.2 Å². The van der Waals surface area contributed by atoms with Crippen molar-refractivity contribution in [2.45, 2.75) is 18.9 Å². The summed E-state index contributed by atoms with van der Waals surface area (Å²) in [4.78, 5) is 27.7. The van der Waals surface area contributed by atoms with Crippen LogP contribution in [0, 0.1) is 16.7 Å². The number of rotatable bonds is 3. The molecule has 1 aliphatic heterocycles. The molecule has 3 N–H and O–H groups in total. The zero-order valence-corrected chi connectivity index (χ0v) is 19.1. The number of fused-ring (bicyclic) bond motifs is 2. The van der Waals surface area contributed by atoms with Crippen molar-refractivity contribution in [1.82, 2.24) is 29.1 Å². The lowest BCUT2D eigenvalue weighted by Gasteiger charge is -2.49. The lowest BCUT2D eigenvalue weighted by Crippen LogP contribution is -2.54. The number of halogens is 1. The van der Waals surface area contributed by atoms with E-state index in [0.717, 1.165) is 12.8 Å². The second kappa shape index (κ2) is 6.84. The van der Waals surface area contributed by atoms with E-state index < -0.39 is 0 Å². The maximum Gasteiger partial charge on any atom is 0.284 e. The smallest absolute Gasteiger partial charge is 0.284 e. The standard InChI is InChI=1S/C24H18ClN9O/c25-15-6-9-33-17(15)22(35)34(14-4-2-1-3-5-14)21(31-33)18-24(7-8-24)12-32(18)20-16-13(10-26)11-28-19(16)29-23(27)30-20/h1-6,9,11,18H,7-8,12H2,(H3,27,28,29,30)/t18-/m1/s1. The molecule has 0 unspecified atom stereocenters. The Hall–Kier alpha value is -4.36. The zero-order chi connectivity index (χ0) is 23.9. The van der Waals surface area contributed by atoms with Gasteiger partial charge >= 0.3 is 0 Å². The average Bonchev–Trinajstić information content (AvgIpc) is 3.43. The van der Waals surface area contributed by atoms with Crippen LogP contribution in [-0.4, -0.2) is 35.7 Å². The van der Waals surface area contributed by atoms with Gasteiger partial charge in [-0.3, -0.25) is 9.36 Å². The van der Waals surface area contributed by atoms with Gasteiger partial charge in [0.25, 0.3) is 5.56 Å². The molecule has 1 aliphatic carbocycles. The van der Waals surface area contributed by atoms with Gasteiger partial charge in [0, 0.05) is 24.4 Å². The molecule has 1 atom stereocenters. The van der Waals surface area contributed by atoms with Gasteiger partial charge in [0.2, 0.25) is 5.95 Å². The molecule has 10 nitrogen and oxygen atoms in total. The molecule has 1 spiro atoms. The fraction of sp³-hybridized carbons (Fsp3) is 0.208. The Labute approximate surface area is 203 Å². The van der Waals surface area contributed by atoms with Crippen molar-refractivity contribution in [3.8, 4) is 11.8 Å². The first kappa shape index (κ1) is 20.1. The van der Waals surface area contributed by atoms with Crippen molar-refractivity contribution < 1.29 is 0 Å². The van der Waals surface area contributed by atoms with Gasteiger partial charge in [-0.15, -0.1) is 0 Å². The van der Waals surface area contributed by atoms with Crippen LogP contribution < -0.4 is 16.2 Å². The summed E-state index contributed by atoms with van der Waals surface area (Å²) in [7, 11) is 0. The molecule has 5 aromatic rings. The number of para-hydroxylation sites is 1. The predicted octanol–water partition coefficient (Wildman–Crippen LogP) is 3.21. The second-order valence-electron chi connectivity index (χ2n) is 9.13. The number of hydrogen-bond donors (Lipinski definition) is 2. The monoisotopic (exact) mass is 483 g/mol. The minimum Gasteiger partial charge on any atom is -0.368 e. The van der Waals surface area contributed by atoms with Crippen LogP contribution >= 0.6 is 11.6 Å². The highest BCUT2D eigenvalue weighted by Crippen LogP contribution is 2.65. The number of aromatic nitrogens is 6. The molecular formula is C24H18ClN9O. The van der Waals surface area contributed by atoms with Gasteiger partial charge in [0.15, 0.2) is 5.82 Å². The minimum atomic E-state index is -0.250. The molecule has 11 heteroatoms. The fourth-order valence-electron chi connectivity index (χ4n) is 5.32. The van der Waals surface area contributed by atoms with Crippen molar-refractivity contribution in [3.05, 3.63) is 75.6 Å². The normalized spacial score (nSPS) is 18.2. The number of anilines is 2. The third-order valence-electron chi connectivity index (χ3n) is 7.11. The van der Waals surface area contributed by atoms with Gasteiger partial charge in [-0.05, 0) is 31.0 Å². The Balaban J connectivity index is 1.50. The van der Waals surface area contributed by atoms with Gasteiger partial charge in [-0.25, -0.2) is 4.52 Å². The quantitative estimate of drug-likeness (QED) is 0.402. The van der Waals surface area contributed by atoms with Crippen molar-refractivity contribution in [3.63, 3.8) is 0 Å².